The van der Waals surface area contributed by atoms with Crippen molar-refractivity contribution in [2.45, 2.75) is 76.4 Å². The molecule has 0 bridgehead atoms. The lowest BCUT2D eigenvalue weighted by atomic mass is 9.87. The van der Waals surface area contributed by atoms with Crippen molar-refractivity contribution in [3.05, 3.63) is 29.7 Å². The summed E-state index contributed by atoms with van der Waals surface area (Å²) in [7, 11) is 0. The second-order valence-electron chi connectivity index (χ2n) is 9.22. The first-order valence-corrected chi connectivity index (χ1v) is 12.2. The van der Waals surface area contributed by atoms with E-state index in [9.17, 15) is 24.3 Å². The molecule has 2 atom stereocenters. The average Bonchev–Trinajstić information content (AvgIpc) is 3.53. The van der Waals surface area contributed by atoms with E-state index in [2.05, 4.69) is 36.2 Å². The number of aromatic amines is 1. The maximum Gasteiger partial charge on any atom is 0.303 e. The molecular weight excluding hydrogens is 468 g/mol. The predicted octanol–water partition coefficient (Wildman–Crippen LogP) is 0.489. The molecule has 13 heteroatoms. The fourth-order valence-corrected chi connectivity index (χ4v) is 4.86. The van der Waals surface area contributed by atoms with Crippen LogP contribution >= 0.6 is 0 Å². The van der Waals surface area contributed by atoms with Crippen molar-refractivity contribution >= 4 is 29.5 Å². The van der Waals surface area contributed by atoms with Gasteiger partial charge in [-0.2, -0.15) is 5.21 Å². The van der Waals surface area contributed by atoms with Crippen LogP contribution in [0.4, 0.5) is 5.82 Å². The van der Waals surface area contributed by atoms with Gasteiger partial charge in [-0.05, 0) is 36.8 Å². The number of carbonyl (C=O) groups excluding carboxylic acids is 3. The molecule has 1 aliphatic heterocycles. The van der Waals surface area contributed by atoms with E-state index < -0.39 is 29.9 Å². The molecule has 0 unspecified atom stereocenters. The Balaban J connectivity index is 1.51. The van der Waals surface area contributed by atoms with Crippen LogP contribution in [0.2, 0.25) is 0 Å². The maximum atomic E-state index is 13.8. The van der Waals surface area contributed by atoms with Gasteiger partial charge >= 0.3 is 5.97 Å². The Morgan fingerprint density at radius 3 is 2.72 bits per heavy atom. The van der Waals surface area contributed by atoms with Crippen molar-refractivity contribution in [3.8, 4) is 0 Å². The molecule has 3 heterocycles. The van der Waals surface area contributed by atoms with Gasteiger partial charge in [0.1, 0.15) is 17.9 Å². The predicted molar refractivity (Wildman–Crippen MR) is 125 cm³/mol. The SMILES string of the molecule is O=C(O)CC[C@H](NC(=O)CC1CCCCC1)C(=O)N1c2ncccc2C[C@H]1C(=O)NCc1nn[nH]n1. The van der Waals surface area contributed by atoms with Crippen molar-refractivity contribution in [2.75, 3.05) is 4.90 Å². The van der Waals surface area contributed by atoms with Gasteiger partial charge in [0.25, 0.3) is 5.91 Å². The molecule has 1 saturated carbocycles. The lowest BCUT2D eigenvalue weighted by Crippen LogP contribution is -2.55. The lowest BCUT2D eigenvalue weighted by Gasteiger charge is -2.29. The molecule has 13 nitrogen and oxygen atoms in total. The number of hydrogen-bond acceptors (Lipinski definition) is 8. The van der Waals surface area contributed by atoms with E-state index in [1.807, 2.05) is 0 Å². The first-order chi connectivity index (χ1) is 17.4. The highest BCUT2D eigenvalue weighted by molar-refractivity contribution is 6.06. The maximum absolute atomic E-state index is 13.8. The van der Waals surface area contributed by atoms with Crippen molar-refractivity contribution in [3.63, 3.8) is 0 Å². The number of aliphatic carboxylic acids is 1. The number of nitrogens with one attached hydrogen (secondary N) is 3. The fourth-order valence-electron chi connectivity index (χ4n) is 4.86. The number of aromatic nitrogens is 5. The summed E-state index contributed by atoms with van der Waals surface area (Å²) in [5, 5.41) is 28.0. The van der Waals surface area contributed by atoms with Crippen molar-refractivity contribution < 1.29 is 24.3 Å². The van der Waals surface area contributed by atoms with Gasteiger partial charge in [0, 0.05) is 25.5 Å². The van der Waals surface area contributed by atoms with E-state index in [4.69, 9.17) is 0 Å². The van der Waals surface area contributed by atoms with E-state index in [1.54, 1.807) is 12.1 Å². The number of amides is 3. The zero-order valence-electron chi connectivity index (χ0n) is 19.9. The molecule has 2 aromatic heterocycles. The smallest absolute Gasteiger partial charge is 0.303 e. The van der Waals surface area contributed by atoms with Gasteiger partial charge in [-0.3, -0.25) is 24.1 Å². The Labute approximate surface area is 207 Å². The molecular formula is C23H30N8O5. The highest BCUT2D eigenvalue weighted by atomic mass is 16.4. The highest BCUT2D eigenvalue weighted by Crippen LogP contribution is 2.31. The Kier molecular flexibility index (Phi) is 8.18. The van der Waals surface area contributed by atoms with Crippen molar-refractivity contribution in [1.82, 2.24) is 36.2 Å². The van der Waals surface area contributed by atoms with Crippen LogP contribution in [-0.4, -0.2) is 66.5 Å². The van der Waals surface area contributed by atoms with Crippen LogP contribution in [0.3, 0.4) is 0 Å². The molecule has 192 valence electrons. The van der Waals surface area contributed by atoms with Crippen LogP contribution in [-0.2, 0) is 32.1 Å². The molecule has 2 aromatic rings. The van der Waals surface area contributed by atoms with Crippen molar-refractivity contribution in [2.24, 2.45) is 5.92 Å². The van der Waals surface area contributed by atoms with Crippen LogP contribution in [0.25, 0.3) is 0 Å². The minimum absolute atomic E-state index is 0.0121. The summed E-state index contributed by atoms with van der Waals surface area (Å²) in [6.07, 6.45) is 6.89. The molecule has 4 rings (SSSR count). The lowest BCUT2D eigenvalue weighted by molar-refractivity contribution is -0.138. The Bertz CT molecular complexity index is 1090. The standard InChI is InChI=1S/C23H30N8O5/c32-19(11-14-5-2-1-3-6-14)26-16(8-9-20(33)34)23(36)31-17(12-15-7-4-10-24-21(15)31)22(35)25-13-18-27-29-30-28-18/h4,7,10,14,16-17H,1-3,5-6,8-9,11-13H2,(H,25,35)(H,26,32)(H,33,34)(H,27,28,29,30)/t16-,17-/m0/s1. The van der Waals surface area contributed by atoms with E-state index in [0.717, 1.165) is 32.1 Å². The normalized spacial score (nSPS) is 18.3. The second kappa shape index (κ2) is 11.7. The molecule has 2 aliphatic rings. The molecule has 1 aliphatic carbocycles. The van der Waals surface area contributed by atoms with E-state index in [0.29, 0.717) is 17.8 Å². The first-order valence-electron chi connectivity index (χ1n) is 12.2. The summed E-state index contributed by atoms with van der Waals surface area (Å²) in [5.41, 5.74) is 0.705. The largest absolute Gasteiger partial charge is 0.481 e. The number of nitrogens with zero attached hydrogens (tertiary/aromatic N) is 5. The third-order valence-electron chi connectivity index (χ3n) is 6.65. The van der Waals surface area contributed by atoms with E-state index in [-0.39, 0.29) is 43.5 Å². The number of carboxylic acids is 1. The van der Waals surface area contributed by atoms with E-state index >= 15 is 0 Å². The van der Waals surface area contributed by atoms with Crippen LogP contribution in [0.5, 0.6) is 0 Å². The molecule has 0 aromatic carbocycles. The van der Waals surface area contributed by atoms with Crippen LogP contribution < -0.4 is 15.5 Å². The van der Waals surface area contributed by atoms with E-state index in [1.165, 1.54) is 11.1 Å². The molecule has 0 saturated heterocycles. The average molecular weight is 499 g/mol. The minimum Gasteiger partial charge on any atom is -0.481 e. The fraction of sp³-hybridized carbons (Fsp3) is 0.565. The Hall–Kier alpha value is -3.90. The first kappa shape index (κ1) is 25.2. The van der Waals surface area contributed by atoms with Gasteiger partial charge < -0.3 is 15.7 Å². The number of rotatable bonds is 10. The summed E-state index contributed by atoms with van der Waals surface area (Å²) in [6, 6.07) is 1.48. The van der Waals surface area contributed by atoms with Gasteiger partial charge in [0.15, 0.2) is 5.82 Å². The second-order valence-corrected chi connectivity index (χ2v) is 9.22. The van der Waals surface area contributed by atoms with Gasteiger partial charge in [0.2, 0.25) is 11.8 Å². The number of H-pyrrole nitrogens is 1. The summed E-state index contributed by atoms with van der Waals surface area (Å²) >= 11 is 0. The molecule has 3 amide bonds. The number of carboxylic acid groups (broad SMARTS) is 1. The summed E-state index contributed by atoms with van der Waals surface area (Å²) in [5.74, 6) is -1.52. The third kappa shape index (κ3) is 6.20. The van der Waals surface area contributed by atoms with Crippen molar-refractivity contribution in [1.29, 1.82) is 0 Å². The molecule has 4 N–H and O–H groups in total. The van der Waals surface area contributed by atoms with Gasteiger partial charge in [-0.25, -0.2) is 4.98 Å². The van der Waals surface area contributed by atoms with Gasteiger partial charge in [-0.1, -0.05) is 30.5 Å². The number of fused-ring (bicyclic) bond motifs is 1. The Morgan fingerprint density at radius 1 is 1.19 bits per heavy atom. The molecule has 0 radical (unpaired) electrons. The number of hydrogen-bond donors (Lipinski definition) is 4. The van der Waals surface area contributed by atoms with Gasteiger partial charge in [-0.15, -0.1) is 10.2 Å². The number of carbonyl (C=O) groups is 4. The summed E-state index contributed by atoms with van der Waals surface area (Å²) < 4.78 is 0. The quantitative estimate of drug-likeness (QED) is 0.362. The van der Waals surface area contributed by atoms with Gasteiger partial charge in [0.05, 0.1) is 6.54 Å². The Morgan fingerprint density at radius 2 is 2.00 bits per heavy atom. The molecule has 1 fully saturated rings. The number of tetrazole rings is 1. The zero-order valence-corrected chi connectivity index (χ0v) is 19.9. The highest BCUT2D eigenvalue weighted by Gasteiger charge is 2.42. The third-order valence-corrected chi connectivity index (χ3v) is 6.65. The summed E-state index contributed by atoms with van der Waals surface area (Å²) in [6.45, 7) is 0.0121. The number of pyridine rings is 1. The molecule has 36 heavy (non-hydrogen) atoms. The zero-order chi connectivity index (χ0) is 25.5. The topological polar surface area (TPSA) is 183 Å². The molecule has 0 spiro atoms. The van der Waals surface area contributed by atoms with Crippen LogP contribution in [0, 0.1) is 5.92 Å². The monoisotopic (exact) mass is 498 g/mol. The van der Waals surface area contributed by atoms with Crippen LogP contribution in [0.1, 0.15) is 62.8 Å². The van der Waals surface area contributed by atoms with Crippen LogP contribution in [0.15, 0.2) is 18.3 Å². The number of anilines is 1. The minimum atomic E-state index is -1.10. The summed E-state index contributed by atoms with van der Waals surface area (Å²) in [4.78, 5) is 56.6.